The van der Waals surface area contributed by atoms with Gasteiger partial charge in [0, 0.05) is 11.5 Å². The monoisotopic (exact) mass is 294 g/mol. The van der Waals surface area contributed by atoms with Crippen molar-refractivity contribution in [3.8, 4) is 11.1 Å². The molecule has 2 rings (SSSR count). The first-order valence-corrected chi connectivity index (χ1v) is 8.38. The molecule has 0 N–H and O–H groups in total. The lowest BCUT2D eigenvalue weighted by molar-refractivity contribution is 0.0904. The summed E-state index contributed by atoms with van der Waals surface area (Å²) in [6, 6.07) is 16.4. The summed E-state index contributed by atoms with van der Waals surface area (Å²) in [6.45, 7) is 6.39. The van der Waals surface area contributed by atoms with Gasteiger partial charge in [-0.1, -0.05) is 75.2 Å². The van der Waals surface area contributed by atoms with Crippen molar-refractivity contribution in [3.05, 3.63) is 59.7 Å². The van der Waals surface area contributed by atoms with Crippen LogP contribution in [-0.2, 0) is 0 Å². The average molecular weight is 294 g/mol. The highest BCUT2D eigenvalue weighted by Crippen LogP contribution is 2.28. The van der Waals surface area contributed by atoms with Crippen LogP contribution in [-0.4, -0.2) is 5.78 Å². The molecule has 0 fully saturated rings. The molecule has 0 spiro atoms. The standard InChI is InChI=1S/C21H26O/c1-4-10-18(11-5-2)21(22)20-15-9-14-19(16(20)3)17-12-7-6-8-13-17/h6-9,12-15,18H,4-5,10-11H2,1-3H3. The molecule has 1 heteroatoms. The second-order valence-electron chi connectivity index (χ2n) is 5.98. The molecule has 0 atom stereocenters. The van der Waals surface area contributed by atoms with Crippen LogP contribution in [0.5, 0.6) is 0 Å². The molecule has 0 saturated heterocycles. The van der Waals surface area contributed by atoms with Crippen LogP contribution in [0.25, 0.3) is 11.1 Å². The Hall–Kier alpha value is -1.89. The van der Waals surface area contributed by atoms with Crippen molar-refractivity contribution < 1.29 is 4.79 Å². The zero-order valence-electron chi connectivity index (χ0n) is 13.9. The van der Waals surface area contributed by atoms with E-state index in [9.17, 15) is 4.79 Å². The lowest BCUT2D eigenvalue weighted by Crippen LogP contribution is -2.16. The minimum Gasteiger partial charge on any atom is -0.294 e. The van der Waals surface area contributed by atoms with Crippen LogP contribution in [0.15, 0.2) is 48.5 Å². The zero-order valence-corrected chi connectivity index (χ0v) is 13.9. The lowest BCUT2D eigenvalue weighted by atomic mass is 9.86. The number of hydrogen-bond donors (Lipinski definition) is 0. The maximum atomic E-state index is 12.9. The van der Waals surface area contributed by atoms with Gasteiger partial charge in [0.1, 0.15) is 0 Å². The summed E-state index contributed by atoms with van der Waals surface area (Å²) in [4.78, 5) is 12.9. The van der Waals surface area contributed by atoms with E-state index >= 15 is 0 Å². The third-order valence-electron chi connectivity index (χ3n) is 4.33. The second-order valence-corrected chi connectivity index (χ2v) is 5.98. The first kappa shape index (κ1) is 16.5. The van der Waals surface area contributed by atoms with Gasteiger partial charge in [-0.15, -0.1) is 0 Å². The molecular weight excluding hydrogens is 268 g/mol. The average Bonchev–Trinajstić information content (AvgIpc) is 2.55. The van der Waals surface area contributed by atoms with Crippen molar-refractivity contribution in [2.75, 3.05) is 0 Å². The van der Waals surface area contributed by atoms with Crippen molar-refractivity contribution in [1.82, 2.24) is 0 Å². The smallest absolute Gasteiger partial charge is 0.166 e. The van der Waals surface area contributed by atoms with Crippen LogP contribution in [0.2, 0.25) is 0 Å². The van der Waals surface area contributed by atoms with Crippen LogP contribution in [0, 0.1) is 12.8 Å². The van der Waals surface area contributed by atoms with E-state index in [1.165, 1.54) is 5.56 Å². The molecule has 116 valence electrons. The van der Waals surface area contributed by atoms with E-state index in [0.29, 0.717) is 5.78 Å². The van der Waals surface area contributed by atoms with Crippen molar-refractivity contribution >= 4 is 5.78 Å². The molecule has 0 unspecified atom stereocenters. The number of hydrogen-bond acceptors (Lipinski definition) is 1. The third-order valence-corrected chi connectivity index (χ3v) is 4.33. The molecule has 0 aromatic heterocycles. The Bertz CT molecular complexity index is 607. The van der Waals surface area contributed by atoms with Gasteiger partial charge in [-0.05, 0) is 36.5 Å². The van der Waals surface area contributed by atoms with Crippen molar-refractivity contribution in [2.45, 2.75) is 46.5 Å². The summed E-state index contributed by atoms with van der Waals surface area (Å²) in [5.74, 6) is 0.485. The van der Waals surface area contributed by atoms with E-state index in [0.717, 1.165) is 42.4 Å². The molecule has 22 heavy (non-hydrogen) atoms. The molecule has 0 amide bonds. The molecule has 1 nitrogen and oxygen atoms in total. The Balaban J connectivity index is 2.38. The predicted molar refractivity (Wildman–Crippen MR) is 94.3 cm³/mol. The van der Waals surface area contributed by atoms with Gasteiger partial charge in [0.05, 0.1) is 0 Å². The highest BCUT2D eigenvalue weighted by molar-refractivity contribution is 6.00. The summed E-state index contributed by atoms with van der Waals surface area (Å²) in [7, 11) is 0. The van der Waals surface area contributed by atoms with Crippen LogP contribution in [0.3, 0.4) is 0 Å². The van der Waals surface area contributed by atoms with Gasteiger partial charge in [-0.25, -0.2) is 0 Å². The van der Waals surface area contributed by atoms with Gasteiger partial charge in [0.25, 0.3) is 0 Å². The Morgan fingerprint density at radius 1 is 0.909 bits per heavy atom. The maximum absolute atomic E-state index is 12.9. The highest BCUT2D eigenvalue weighted by atomic mass is 16.1. The number of carbonyl (C=O) groups is 1. The lowest BCUT2D eigenvalue weighted by Gasteiger charge is -2.17. The first-order valence-electron chi connectivity index (χ1n) is 8.38. The Kier molecular flexibility index (Phi) is 5.94. The van der Waals surface area contributed by atoms with Crippen LogP contribution < -0.4 is 0 Å². The van der Waals surface area contributed by atoms with E-state index in [4.69, 9.17) is 0 Å². The SMILES string of the molecule is CCCC(CCC)C(=O)c1cccc(-c2ccccc2)c1C. The molecular formula is C21H26O. The summed E-state index contributed by atoms with van der Waals surface area (Å²) >= 11 is 0. The maximum Gasteiger partial charge on any atom is 0.166 e. The fourth-order valence-corrected chi connectivity index (χ4v) is 3.16. The van der Waals surface area contributed by atoms with Gasteiger partial charge in [-0.3, -0.25) is 4.79 Å². The minimum atomic E-state index is 0.166. The molecule has 0 saturated carbocycles. The van der Waals surface area contributed by atoms with Gasteiger partial charge < -0.3 is 0 Å². The van der Waals surface area contributed by atoms with Crippen LogP contribution in [0.4, 0.5) is 0 Å². The van der Waals surface area contributed by atoms with E-state index in [1.807, 2.05) is 30.3 Å². The number of ketones is 1. The van der Waals surface area contributed by atoms with Gasteiger partial charge in [0.15, 0.2) is 5.78 Å². The van der Waals surface area contributed by atoms with E-state index in [-0.39, 0.29) is 5.92 Å². The van der Waals surface area contributed by atoms with Crippen LogP contribution >= 0.6 is 0 Å². The van der Waals surface area contributed by atoms with Gasteiger partial charge >= 0.3 is 0 Å². The van der Waals surface area contributed by atoms with Gasteiger partial charge in [0.2, 0.25) is 0 Å². The Morgan fingerprint density at radius 2 is 1.55 bits per heavy atom. The number of benzene rings is 2. The van der Waals surface area contributed by atoms with Crippen LogP contribution in [0.1, 0.15) is 55.5 Å². The summed E-state index contributed by atoms with van der Waals surface area (Å²) in [6.07, 6.45) is 4.10. The van der Waals surface area contributed by atoms with E-state index in [2.05, 4.69) is 39.0 Å². The van der Waals surface area contributed by atoms with Crippen molar-refractivity contribution in [1.29, 1.82) is 0 Å². The summed E-state index contributed by atoms with van der Waals surface area (Å²) in [5.41, 5.74) is 4.35. The summed E-state index contributed by atoms with van der Waals surface area (Å²) in [5, 5.41) is 0. The molecule has 0 aliphatic carbocycles. The normalized spacial score (nSPS) is 10.9. The summed E-state index contributed by atoms with van der Waals surface area (Å²) < 4.78 is 0. The van der Waals surface area contributed by atoms with E-state index < -0.39 is 0 Å². The molecule has 0 radical (unpaired) electrons. The second kappa shape index (κ2) is 7.93. The van der Waals surface area contributed by atoms with Crippen molar-refractivity contribution in [3.63, 3.8) is 0 Å². The first-order chi connectivity index (χ1) is 10.7. The number of rotatable bonds is 7. The van der Waals surface area contributed by atoms with Crippen molar-refractivity contribution in [2.24, 2.45) is 5.92 Å². The van der Waals surface area contributed by atoms with Gasteiger partial charge in [-0.2, -0.15) is 0 Å². The molecule has 2 aromatic carbocycles. The third kappa shape index (κ3) is 3.65. The quantitative estimate of drug-likeness (QED) is 0.567. The topological polar surface area (TPSA) is 17.1 Å². The molecule has 0 heterocycles. The largest absolute Gasteiger partial charge is 0.294 e. The fraction of sp³-hybridized carbons (Fsp3) is 0.381. The molecule has 0 aliphatic rings. The van der Waals surface area contributed by atoms with E-state index in [1.54, 1.807) is 0 Å². The zero-order chi connectivity index (χ0) is 15.9. The molecule has 0 aliphatic heterocycles. The number of Topliss-reactive ketones (excluding diaryl/α,β-unsaturated/α-hetero) is 1. The number of carbonyl (C=O) groups excluding carboxylic acids is 1. The predicted octanol–water partition coefficient (Wildman–Crippen LogP) is 6.06. The molecule has 0 bridgehead atoms. The molecule has 2 aromatic rings. The Morgan fingerprint density at radius 3 is 2.14 bits per heavy atom. The minimum absolute atomic E-state index is 0.166. The Labute approximate surface area is 134 Å². The fourth-order valence-electron chi connectivity index (χ4n) is 3.16. The highest BCUT2D eigenvalue weighted by Gasteiger charge is 2.21.